The van der Waals surface area contributed by atoms with Crippen molar-refractivity contribution in [3.8, 4) is 5.95 Å². The summed E-state index contributed by atoms with van der Waals surface area (Å²) < 4.78 is 1.43. The SMILES string of the molecule is Cc1[nH]n(-c2nc3ccccc3[nH]2)c(=O)c1Cc1ccc(Cl)cc1Cl. The molecule has 126 valence electrons. The van der Waals surface area contributed by atoms with Crippen molar-refractivity contribution >= 4 is 34.2 Å². The molecule has 5 nitrogen and oxygen atoms in total. The number of para-hydroxylation sites is 2. The molecule has 0 aliphatic carbocycles. The topological polar surface area (TPSA) is 66.5 Å². The highest BCUT2D eigenvalue weighted by Crippen LogP contribution is 2.23. The van der Waals surface area contributed by atoms with Crippen molar-refractivity contribution < 1.29 is 0 Å². The van der Waals surface area contributed by atoms with Gasteiger partial charge in [-0.3, -0.25) is 9.89 Å². The molecule has 0 spiro atoms. The van der Waals surface area contributed by atoms with E-state index in [-0.39, 0.29) is 5.56 Å². The lowest BCUT2D eigenvalue weighted by atomic mass is 10.1. The van der Waals surface area contributed by atoms with E-state index in [2.05, 4.69) is 15.1 Å². The summed E-state index contributed by atoms with van der Waals surface area (Å²) >= 11 is 12.2. The van der Waals surface area contributed by atoms with Gasteiger partial charge in [-0.15, -0.1) is 0 Å². The number of rotatable bonds is 3. The second-order valence-electron chi connectivity index (χ2n) is 5.85. The minimum atomic E-state index is -0.150. The van der Waals surface area contributed by atoms with Crippen molar-refractivity contribution in [3.05, 3.63) is 79.7 Å². The third-order valence-electron chi connectivity index (χ3n) is 4.16. The van der Waals surface area contributed by atoms with Crippen molar-refractivity contribution in [3.63, 3.8) is 0 Å². The number of hydrogen-bond acceptors (Lipinski definition) is 2. The molecule has 0 unspecified atom stereocenters. The number of H-pyrrole nitrogens is 2. The van der Waals surface area contributed by atoms with Crippen molar-refractivity contribution in [1.82, 2.24) is 19.7 Å². The minimum absolute atomic E-state index is 0.150. The molecule has 0 saturated carbocycles. The molecule has 0 bridgehead atoms. The predicted molar refractivity (Wildman–Crippen MR) is 100 cm³/mol. The second-order valence-corrected chi connectivity index (χ2v) is 6.69. The Balaban J connectivity index is 1.77. The Morgan fingerprint density at radius 2 is 1.96 bits per heavy atom. The van der Waals surface area contributed by atoms with Crippen LogP contribution in [-0.4, -0.2) is 19.7 Å². The molecule has 2 N–H and O–H groups in total. The summed E-state index contributed by atoms with van der Waals surface area (Å²) in [5.74, 6) is 0.461. The van der Waals surface area contributed by atoms with E-state index in [9.17, 15) is 4.79 Å². The summed E-state index contributed by atoms with van der Waals surface area (Å²) in [4.78, 5) is 20.5. The van der Waals surface area contributed by atoms with Crippen LogP contribution in [0.1, 0.15) is 16.8 Å². The number of nitrogens with one attached hydrogen (secondary N) is 2. The monoisotopic (exact) mass is 372 g/mol. The van der Waals surface area contributed by atoms with Gasteiger partial charge in [-0.2, -0.15) is 4.68 Å². The van der Waals surface area contributed by atoms with Crippen molar-refractivity contribution in [2.45, 2.75) is 13.3 Å². The van der Waals surface area contributed by atoms with Gasteiger partial charge in [-0.05, 0) is 36.8 Å². The highest BCUT2D eigenvalue weighted by Gasteiger charge is 2.16. The smallest absolute Gasteiger partial charge is 0.277 e. The van der Waals surface area contributed by atoms with Crippen molar-refractivity contribution in [2.24, 2.45) is 0 Å². The van der Waals surface area contributed by atoms with Gasteiger partial charge in [0.2, 0.25) is 5.95 Å². The van der Waals surface area contributed by atoms with Gasteiger partial charge in [-0.25, -0.2) is 4.98 Å². The highest BCUT2D eigenvalue weighted by molar-refractivity contribution is 6.35. The number of halogens is 2. The lowest BCUT2D eigenvalue weighted by Gasteiger charge is -2.03. The maximum absolute atomic E-state index is 12.9. The van der Waals surface area contributed by atoms with Crippen LogP contribution in [-0.2, 0) is 6.42 Å². The fraction of sp³-hybridized carbons (Fsp3) is 0.111. The van der Waals surface area contributed by atoms with Gasteiger partial charge in [0.15, 0.2) is 0 Å². The average Bonchev–Trinajstić information content (AvgIpc) is 3.12. The van der Waals surface area contributed by atoms with Crippen LogP contribution in [0.15, 0.2) is 47.3 Å². The van der Waals surface area contributed by atoms with E-state index in [1.54, 1.807) is 12.1 Å². The zero-order valence-corrected chi connectivity index (χ0v) is 14.8. The maximum atomic E-state index is 12.9. The number of benzene rings is 2. The largest absolute Gasteiger partial charge is 0.322 e. The molecule has 0 fully saturated rings. The number of aryl methyl sites for hydroxylation is 1. The number of imidazole rings is 1. The lowest BCUT2D eigenvalue weighted by molar-refractivity contribution is 0.790. The van der Waals surface area contributed by atoms with E-state index in [1.165, 1.54) is 4.68 Å². The number of aromatic nitrogens is 4. The van der Waals surface area contributed by atoms with E-state index in [4.69, 9.17) is 23.2 Å². The van der Waals surface area contributed by atoms with Crippen LogP contribution < -0.4 is 5.56 Å². The van der Waals surface area contributed by atoms with Gasteiger partial charge < -0.3 is 4.98 Å². The fourth-order valence-electron chi connectivity index (χ4n) is 2.84. The first-order valence-electron chi connectivity index (χ1n) is 7.72. The van der Waals surface area contributed by atoms with E-state index < -0.39 is 0 Å². The van der Waals surface area contributed by atoms with Gasteiger partial charge in [0.1, 0.15) is 0 Å². The van der Waals surface area contributed by atoms with Crippen LogP contribution in [0.25, 0.3) is 17.0 Å². The Kier molecular flexibility index (Phi) is 3.90. The van der Waals surface area contributed by atoms with Crippen molar-refractivity contribution in [2.75, 3.05) is 0 Å². The Morgan fingerprint density at radius 3 is 2.72 bits per heavy atom. The standard InChI is InChI=1S/C18H14Cl2N4O/c1-10-13(8-11-6-7-12(19)9-14(11)20)17(25)24(23-10)18-21-15-4-2-3-5-16(15)22-18/h2-7,9,23H,8H2,1H3,(H,21,22). The summed E-state index contributed by atoms with van der Waals surface area (Å²) in [7, 11) is 0. The summed E-state index contributed by atoms with van der Waals surface area (Å²) in [5.41, 5.74) is 3.80. The first-order chi connectivity index (χ1) is 12.0. The maximum Gasteiger partial charge on any atom is 0.277 e. The van der Waals surface area contributed by atoms with Crippen LogP contribution in [0.3, 0.4) is 0 Å². The van der Waals surface area contributed by atoms with Gasteiger partial charge in [-0.1, -0.05) is 41.4 Å². The molecule has 0 amide bonds. The summed E-state index contributed by atoms with van der Waals surface area (Å²) in [6.45, 7) is 1.86. The minimum Gasteiger partial charge on any atom is -0.322 e. The lowest BCUT2D eigenvalue weighted by Crippen LogP contribution is -2.18. The van der Waals surface area contributed by atoms with Crippen LogP contribution in [0, 0.1) is 6.92 Å². The summed E-state index contributed by atoms with van der Waals surface area (Å²) in [6, 6.07) is 12.9. The highest BCUT2D eigenvalue weighted by atomic mass is 35.5. The third kappa shape index (κ3) is 2.86. The number of fused-ring (bicyclic) bond motifs is 1. The van der Waals surface area contributed by atoms with E-state index >= 15 is 0 Å². The first kappa shape index (κ1) is 16.0. The molecule has 0 atom stereocenters. The van der Waals surface area contributed by atoms with Crippen LogP contribution >= 0.6 is 23.2 Å². The third-order valence-corrected chi connectivity index (χ3v) is 4.75. The Hall–Kier alpha value is -2.50. The fourth-order valence-corrected chi connectivity index (χ4v) is 3.31. The molecule has 2 aromatic heterocycles. The molecule has 0 aliphatic rings. The van der Waals surface area contributed by atoms with Gasteiger partial charge in [0.25, 0.3) is 5.56 Å². The summed E-state index contributed by atoms with van der Waals surface area (Å²) in [6.07, 6.45) is 0.421. The van der Waals surface area contributed by atoms with Gasteiger partial charge in [0, 0.05) is 27.7 Å². The molecule has 0 radical (unpaired) electrons. The molecule has 0 saturated heterocycles. The van der Waals surface area contributed by atoms with Crippen LogP contribution in [0.4, 0.5) is 0 Å². The molecule has 25 heavy (non-hydrogen) atoms. The molecule has 0 aliphatic heterocycles. The Labute approximate surface area is 153 Å². The zero-order valence-electron chi connectivity index (χ0n) is 13.3. The number of aromatic amines is 2. The summed E-state index contributed by atoms with van der Waals surface area (Å²) in [5, 5.41) is 4.20. The molecular weight excluding hydrogens is 359 g/mol. The normalized spacial score (nSPS) is 11.3. The van der Waals surface area contributed by atoms with Crippen LogP contribution in [0.2, 0.25) is 10.0 Å². The molecule has 4 rings (SSSR count). The number of hydrogen-bond donors (Lipinski definition) is 2. The molecule has 4 aromatic rings. The van der Waals surface area contributed by atoms with E-state index in [0.29, 0.717) is 28.0 Å². The van der Waals surface area contributed by atoms with Crippen molar-refractivity contribution in [1.29, 1.82) is 0 Å². The number of nitrogens with zero attached hydrogens (tertiary/aromatic N) is 2. The second kappa shape index (κ2) is 6.10. The zero-order chi connectivity index (χ0) is 17.6. The molecule has 7 heteroatoms. The molecule has 2 aromatic carbocycles. The quantitative estimate of drug-likeness (QED) is 0.564. The Bertz CT molecular complexity index is 1110. The van der Waals surface area contributed by atoms with Gasteiger partial charge in [0.05, 0.1) is 11.0 Å². The van der Waals surface area contributed by atoms with E-state index in [0.717, 1.165) is 22.3 Å². The molecular formula is C18H14Cl2N4O. The first-order valence-corrected chi connectivity index (χ1v) is 8.48. The molecule has 2 heterocycles. The van der Waals surface area contributed by atoms with Crippen LogP contribution in [0.5, 0.6) is 0 Å². The predicted octanol–water partition coefficient (Wildman–Crippen LogP) is 4.25. The average molecular weight is 373 g/mol. The Morgan fingerprint density at radius 1 is 1.16 bits per heavy atom. The van der Waals surface area contributed by atoms with E-state index in [1.807, 2.05) is 37.3 Å². The van der Waals surface area contributed by atoms with Gasteiger partial charge >= 0.3 is 0 Å².